The Balaban J connectivity index is 0.00000166. The number of fused-ring (bicyclic) bond motifs is 1. The van der Waals surface area contributed by atoms with Crippen molar-refractivity contribution in [3.05, 3.63) is 67.2 Å². The van der Waals surface area contributed by atoms with Gasteiger partial charge in [0.25, 0.3) is 5.56 Å². The summed E-state index contributed by atoms with van der Waals surface area (Å²) < 4.78 is 7.12. The monoisotopic (exact) mass is 464 g/mol. The molecule has 0 aliphatic rings. The molecule has 0 aliphatic heterocycles. The molecule has 3 N–H and O–H groups in total. The lowest BCUT2D eigenvalue weighted by atomic mass is 10.1. The van der Waals surface area contributed by atoms with E-state index in [9.17, 15) is 19.2 Å². The number of benzene rings is 1. The molecule has 174 valence electrons. The number of hydrogen-bond donors (Lipinski definition) is 1. The summed E-state index contributed by atoms with van der Waals surface area (Å²) in [4.78, 5) is 49.9. The molecule has 1 aromatic carbocycles. The Labute approximate surface area is 188 Å². The van der Waals surface area contributed by atoms with E-state index < -0.39 is 29.7 Å². The number of carboxylic acids is 1. The lowest BCUT2D eigenvalue weighted by Gasteiger charge is -2.11. The molecular weight excluding hydrogens is 436 g/mol. The molecule has 0 bridgehead atoms. The largest absolute Gasteiger partial charge is 0.480 e. The number of esters is 1. The molecule has 10 heteroatoms. The maximum Gasteiger partial charge on any atom is 0.348 e. The molecule has 0 spiro atoms. The van der Waals surface area contributed by atoms with Crippen molar-refractivity contribution >= 4 is 33.5 Å². The quantitative estimate of drug-likeness (QED) is 0.532. The summed E-state index contributed by atoms with van der Waals surface area (Å²) in [5.74, 6) is -1.87. The van der Waals surface area contributed by atoms with E-state index in [0.717, 1.165) is 16.9 Å². The summed E-state index contributed by atoms with van der Waals surface area (Å²) in [5, 5.41) is 9.31. The molecule has 0 fully saturated rings. The second-order valence-corrected chi connectivity index (χ2v) is 7.41. The molecule has 0 saturated heterocycles. The van der Waals surface area contributed by atoms with E-state index in [4.69, 9.17) is 9.84 Å². The van der Waals surface area contributed by atoms with Crippen LogP contribution in [-0.4, -0.2) is 38.3 Å². The van der Waals surface area contributed by atoms with Gasteiger partial charge in [-0.3, -0.25) is 14.2 Å². The number of rotatable bonds is 7. The minimum absolute atomic E-state index is 0. The van der Waals surface area contributed by atoms with Crippen LogP contribution in [0.15, 0.2) is 39.9 Å². The van der Waals surface area contributed by atoms with Crippen LogP contribution in [0.2, 0.25) is 0 Å². The van der Waals surface area contributed by atoms with Gasteiger partial charge in [0.05, 0.1) is 12.0 Å². The number of thiophene rings is 1. The van der Waals surface area contributed by atoms with Crippen molar-refractivity contribution in [3.63, 3.8) is 0 Å². The first-order chi connectivity index (χ1) is 14.8. The van der Waals surface area contributed by atoms with Gasteiger partial charge < -0.3 is 15.3 Å². The fourth-order valence-electron chi connectivity index (χ4n) is 3.14. The minimum atomic E-state index is -1.29. The molecule has 9 nitrogen and oxygen atoms in total. The average molecular weight is 465 g/mol. The van der Waals surface area contributed by atoms with Crippen LogP contribution in [0.4, 0.5) is 0 Å². The van der Waals surface area contributed by atoms with E-state index in [1.165, 1.54) is 4.57 Å². The second kappa shape index (κ2) is 12.0. The van der Waals surface area contributed by atoms with Crippen LogP contribution in [-0.2, 0) is 29.0 Å². The lowest BCUT2D eigenvalue weighted by molar-refractivity contribution is -0.137. The summed E-state index contributed by atoms with van der Waals surface area (Å²) in [6.45, 7) is 6.95. The Kier molecular flexibility index (Phi) is 10.0. The van der Waals surface area contributed by atoms with Crippen molar-refractivity contribution in [2.75, 3.05) is 6.61 Å². The Hall–Kier alpha value is -3.24. The van der Waals surface area contributed by atoms with E-state index in [2.05, 4.69) is 0 Å². The summed E-state index contributed by atoms with van der Waals surface area (Å²) in [6, 6.07) is 9.48. The van der Waals surface area contributed by atoms with Crippen molar-refractivity contribution in [3.8, 4) is 0 Å². The van der Waals surface area contributed by atoms with Gasteiger partial charge in [-0.1, -0.05) is 44.2 Å². The smallest absolute Gasteiger partial charge is 0.348 e. The summed E-state index contributed by atoms with van der Waals surface area (Å²) in [7, 11) is 0. The molecule has 0 radical (unpaired) electrons. The van der Waals surface area contributed by atoms with Crippen LogP contribution in [0, 0.1) is 6.92 Å². The third-order valence-corrected chi connectivity index (χ3v) is 5.81. The summed E-state index contributed by atoms with van der Waals surface area (Å²) in [6.07, 6.45) is 0.507. The van der Waals surface area contributed by atoms with Crippen LogP contribution in [0.25, 0.3) is 10.2 Å². The molecule has 0 unspecified atom stereocenters. The van der Waals surface area contributed by atoms with Crippen LogP contribution in [0.1, 0.15) is 41.6 Å². The van der Waals surface area contributed by atoms with Gasteiger partial charge in [0.1, 0.15) is 16.3 Å². The number of carbonyl (C=O) groups is 2. The van der Waals surface area contributed by atoms with Gasteiger partial charge in [-0.05, 0) is 31.4 Å². The highest BCUT2D eigenvalue weighted by Crippen LogP contribution is 2.28. The van der Waals surface area contributed by atoms with E-state index in [0.29, 0.717) is 21.4 Å². The summed E-state index contributed by atoms with van der Waals surface area (Å²) >= 11 is 1.02. The summed E-state index contributed by atoms with van der Waals surface area (Å²) in [5.41, 5.74) is -0.0476. The third-order valence-electron chi connectivity index (χ3n) is 4.52. The van der Waals surface area contributed by atoms with Crippen molar-refractivity contribution in [1.82, 2.24) is 9.13 Å². The zero-order valence-corrected chi connectivity index (χ0v) is 19.3. The number of aryl methyl sites for hydroxylation is 3. The van der Waals surface area contributed by atoms with Crippen LogP contribution < -0.4 is 11.2 Å². The lowest BCUT2D eigenvalue weighted by Crippen LogP contribution is -2.41. The van der Waals surface area contributed by atoms with Gasteiger partial charge in [0, 0.05) is 6.54 Å². The predicted molar refractivity (Wildman–Crippen MR) is 124 cm³/mol. The average Bonchev–Trinajstić information content (AvgIpc) is 3.10. The zero-order chi connectivity index (χ0) is 23.1. The van der Waals surface area contributed by atoms with Crippen molar-refractivity contribution < 1.29 is 24.9 Å². The maximum atomic E-state index is 12.9. The fraction of sp³-hybridized carbons (Fsp3) is 0.364. The Morgan fingerprint density at radius 3 is 2.28 bits per heavy atom. The van der Waals surface area contributed by atoms with Crippen LogP contribution >= 0.6 is 11.3 Å². The first-order valence-electron chi connectivity index (χ1n) is 10.0. The van der Waals surface area contributed by atoms with E-state index in [1.807, 2.05) is 44.2 Å². The van der Waals surface area contributed by atoms with E-state index in [-0.39, 0.29) is 28.9 Å². The molecule has 0 aliphatic carbocycles. The van der Waals surface area contributed by atoms with Gasteiger partial charge in [0.2, 0.25) is 0 Å². The molecule has 0 amide bonds. The fourth-order valence-corrected chi connectivity index (χ4v) is 4.36. The number of carbonyl (C=O) groups excluding carboxylic acids is 1. The zero-order valence-electron chi connectivity index (χ0n) is 18.5. The molecule has 3 rings (SSSR count). The molecule has 2 aromatic heterocycles. The number of ether oxygens (including phenoxy) is 1. The first-order valence-corrected chi connectivity index (χ1v) is 10.9. The number of carboxylic acid groups (broad SMARTS) is 1. The number of hydrogen-bond acceptors (Lipinski definition) is 6. The highest BCUT2D eigenvalue weighted by atomic mass is 32.1. The molecule has 3 aromatic rings. The Bertz CT molecular complexity index is 1190. The van der Waals surface area contributed by atoms with Gasteiger partial charge in [-0.15, -0.1) is 11.3 Å². The highest BCUT2D eigenvalue weighted by Gasteiger charge is 2.24. The second-order valence-electron chi connectivity index (χ2n) is 6.41. The predicted octanol–water partition coefficient (Wildman–Crippen LogP) is 2.24. The van der Waals surface area contributed by atoms with Gasteiger partial charge >= 0.3 is 17.6 Å². The standard InChI is InChI=1S/C20H20N2O6S.C2H6.H2O/c1-3-28-19(26)16-12(2)15-17(25)22(11-14(23)24)20(27)21(18(15)29-16)10-9-13-7-5-4-6-8-13;1-2;/h4-8H,3,9-11H2,1-2H3,(H,23,24);1-2H3;1H2. The van der Waals surface area contributed by atoms with E-state index >= 15 is 0 Å². The Morgan fingerprint density at radius 2 is 1.72 bits per heavy atom. The molecule has 2 heterocycles. The van der Waals surface area contributed by atoms with Gasteiger partial charge in [0.15, 0.2) is 0 Å². The SMILES string of the molecule is CC.CCOC(=O)c1sc2c(c1C)c(=O)n(CC(=O)O)c(=O)n2CCc1ccccc1.O. The van der Waals surface area contributed by atoms with E-state index in [1.54, 1.807) is 13.8 Å². The molecule has 0 saturated carbocycles. The number of aliphatic carboxylic acids is 1. The maximum absolute atomic E-state index is 12.9. The van der Waals surface area contributed by atoms with Crippen LogP contribution in [0.3, 0.4) is 0 Å². The van der Waals surface area contributed by atoms with Crippen molar-refractivity contribution in [2.24, 2.45) is 0 Å². The van der Waals surface area contributed by atoms with Gasteiger partial charge in [-0.25, -0.2) is 14.2 Å². The minimum Gasteiger partial charge on any atom is -0.480 e. The highest BCUT2D eigenvalue weighted by molar-refractivity contribution is 7.20. The van der Waals surface area contributed by atoms with Gasteiger partial charge in [-0.2, -0.15) is 0 Å². The third kappa shape index (κ3) is 5.51. The Morgan fingerprint density at radius 1 is 1.09 bits per heavy atom. The normalized spacial score (nSPS) is 10.1. The van der Waals surface area contributed by atoms with Crippen molar-refractivity contribution in [2.45, 2.75) is 47.2 Å². The van der Waals surface area contributed by atoms with Crippen molar-refractivity contribution in [1.29, 1.82) is 0 Å². The topological polar surface area (TPSA) is 139 Å². The number of aromatic nitrogens is 2. The molecule has 0 atom stereocenters. The molecular formula is C22H28N2O7S. The first kappa shape index (κ1) is 26.8. The molecule has 32 heavy (non-hydrogen) atoms. The number of nitrogens with zero attached hydrogens (tertiary/aromatic N) is 2. The van der Waals surface area contributed by atoms with Crippen LogP contribution in [0.5, 0.6) is 0 Å².